The van der Waals surface area contributed by atoms with Gasteiger partial charge < -0.3 is 10.2 Å². The molecule has 0 fully saturated rings. The lowest BCUT2D eigenvalue weighted by molar-refractivity contribution is 0.224. The minimum atomic E-state index is -0.343. The molecule has 0 atom stereocenters. The van der Waals surface area contributed by atoms with Gasteiger partial charge in [0.25, 0.3) is 0 Å². The number of aryl methyl sites for hydroxylation is 1. The maximum Gasteiger partial charge on any atom is 0.321 e. The van der Waals surface area contributed by atoms with Gasteiger partial charge in [0.1, 0.15) is 5.82 Å². The molecule has 0 heterocycles. The lowest BCUT2D eigenvalue weighted by Gasteiger charge is -2.15. The maximum atomic E-state index is 13.0. The summed E-state index contributed by atoms with van der Waals surface area (Å²) in [6, 6.07) is 4.21. The smallest absolute Gasteiger partial charge is 0.321 e. The number of urea groups is 1. The summed E-state index contributed by atoms with van der Waals surface area (Å²) in [4.78, 5) is 13.0. The molecule has 4 heteroatoms. The van der Waals surface area contributed by atoms with Crippen molar-refractivity contribution in [2.45, 2.75) is 13.8 Å². The number of hydrogen-bond donors (Lipinski definition) is 1. The molecule has 82 valence electrons. The van der Waals surface area contributed by atoms with E-state index in [0.29, 0.717) is 12.2 Å². The fourth-order valence-electron chi connectivity index (χ4n) is 1.17. The first-order valence-electron chi connectivity index (χ1n) is 4.82. The van der Waals surface area contributed by atoms with Crippen LogP contribution in [0.4, 0.5) is 14.9 Å². The fourth-order valence-corrected chi connectivity index (χ4v) is 1.17. The highest BCUT2D eigenvalue weighted by Gasteiger charge is 2.07. The number of rotatable bonds is 2. The first-order chi connectivity index (χ1) is 7.02. The highest BCUT2D eigenvalue weighted by atomic mass is 19.1. The van der Waals surface area contributed by atoms with Crippen molar-refractivity contribution in [2.75, 3.05) is 18.9 Å². The third-order valence-corrected chi connectivity index (χ3v) is 2.11. The van der Waals surface area contributed by atoms with Gasteiger partial charge in [-0.2, -0.15) is 0 Å². The Morgan fingerprint density at radius 2 is 2.13 bits per heavy atom. The summed E-state index contributed by atoms with van der Waals surface area (Å²) >= 11 is 0. The number of nitrogens with one attached hydrogen (secondary N) is 1. The molecular weight excluding hydrogens is 195 g/mol. The lowest BCUT2D eigenvalue weighted by atomic mass is 10.2. The highest BCUT2D eigenvalue weighted by molar-refractivity contribution is 5.89. The second-order valence-electron chi connectivity index (χ2n) is 3.46. The minimum Gasteiger partial charge on any atom is -0.328 e. The Labute approximate surface area is 88.9 Å². The molecule has 3 nitrogen and oxygen atoms in total. The van der Waals surface area contributed by atoms with Gasteiger partial charge in [-0.05, 0) is 37.6 Å². The summed E-state index contributed by atoms with van der Waals surface area (Å²) in [5.74, 6) is -0.343. The zero-order valence-electron chi connectivity index (χ0n) is 9.17. The molecule has 0 aliphatic heterocycles. The molecular formula is C11H15FN2O. The second kappa shape index (κ2) is 4.77. The number of nitrogens with zero attached hydrogens (tertiary/aromatic N) is 1. The number of amides is 2. The SMILES string of the molecule is CCN(C)C(=O)Nc1cc(C)cc(F)c1. The molecule has 0 aliphatic rings. The zero-order valence-corrected chi connectivity index (χ0v) is 9.17. The van der Waals surface area contributed by atoms with E-state index in [0.717, 1.165) is 5.56 Å². The van der Waals surface area contributed by atoms with Crippen molar-refractivity contribution in [3.8, 4) is 0 Å². The van der Waals surface area contributed by atoms with Gasteiger partial charge in [0.15, 0.2) is 0 Å². The summed E-state index contributed by atoms with van der Waals surface area (Å²) in [7, 11) is 1.68. The first-order valence-corrected chi connectivity index (χ1v) is 4.82. The average molecular weight is 210 g/mol. The zero-order chi connectivity index (χ0) is 11.4. The van der Waals surface area contributed by atoms with Crippen LogP contribution in [0.3, 0.4) is 0 Å². The maximum absolute atomic E-state index is 13.0. The molecule has 1 rings (SSSR count). The van der Waals surface area contributed by atoms with E-state index in [1.54, 1.807) is 20.0 Å². The van der Waals surface area contributed by atoms with Gasteiger partial charge in [-0.1, -0.05) is 0 Å². The third kappa shape index (κ3) is 3.23. The minimum absolute atomic E-state index is 0.234. The number of halogens is 1. The van der Waals surface area contributed by atoms with Crippen molar-refractivity contribution in [1.82, 2.24) is 4.90 Å². The normalized spacial score (nSPS) is 9.87. The molecule has 1 aromatic rings. The van der Waals surface area contributed by atoms with E-state index in [2.05, 4.69) is 5.32 Å². The number of carbonyl (C=O) groups is 1. The van der Waals surface area contributed by atoms with Crippen molar-refractivity contribution in [1.29, 1.82) is 0 Å². The standard InChI is InChI=1S/C11H15FN2O/c1-4-14(3)11(15)13-10-6-8(2)5-9(12)7-10/h5-7H,4H2,1-3H3,(H,13,15). The molecule has 2 amide bonds. The summed E-state index contributed by atoms with van der Waals surface area (Å²) in [6.07, 6.45) is 0. The molecule has 0 aliphatic carbocycles. The number of hydrogen-bond acceptors (Lipinski definition) is 1. The van der Waals surface area contributed by atoms with Gasteiger partial charge in [-0.3, -0.25) is 0 Å². The summed E-state index contributed by atoms with van der Waals surface area (Å²) in [5.41, 5.74) is 1.27. The summed E-state index contributed by atoms with van der Waals surface area (Å²) in [5, 5.41) is 2.62. The van der Waals surface area contributed by atoms with E-state index in [-0.39, 0.29) is 11.8 Å². The number of anilines is 1. The van der Waals surface area contributed by atoms with Crippen LogP contribution in [0.5, 0.6) is 0 Å². The number of carbonyl (C=O) groups excluding carboxylic acids is 1. The molecule has 15 heavy (non-hydrogen) atoms. The van der Waals surface area contributed by atoms with Crippen LogP contribution in [-0.2, 0) is 0 Å². The van der Waals surface area contributed by atoms with Crippen molar-refractivity contribution >= 4 is 11.7 Å². The van der Waals surface area contributed by atoms with Crippen molar-refractivity contribution < 1.29 is 9.18 Å². The molecule has 0 spiro atoms. The molecule has 0 bridgehead atoms. The molecule has 0 saturated carbocycles. The molecule has 0 radical (unpaired) electrons. The highest BCUT2D eigenvalue weighted by Crippen LogP contribution is 2.13. The Morgan fingerprint density at radius 3 is 2.67 bits per heavy atom. The van der Waals surface area contributed by atoms with Crippen LogP contribution in [0.15, 0.2) is 18.2 Å². The topological polar surface area (TPSA) is 32.3 Å². The Hall–Kier alpha value is -1.58. The van der Waals surface area contributed by atoms with Crippen LogP contribution < -0.4 is 5.32 Å². The van der Waals surface area contributed by atoms with Gasteiger partial charge in [-0.15, -0.1) is 0 Å². The van der Waals surface area contributed by atoms with E-state index in [4.69, 9.17) is 0 Å². The van der Waals surface area contributed by atoms with Crippen molar-refractivity contribution in [2.24, 2.45) is 0 Å². The van der Waals surface area contributed by atoms with Gasteiger partial charge in [0.2, 0.25) is 0 Å². The van der Waals surface area contributed by atoms with E-state index >= 15 is 0 Å². The molecule has 0 unspecified atom stereocenters. The predicted octanol–water partition coefficient (Wildman–Crippen LogP) is 2.62. The fraction of sp³-hybridized carbons (Fsp3) is 0.364. The van der Waals surface area contributed by atoms with Crippen LogP contribution in [-0.4, -0.2) is 24.5 Å². The van der Waals surface area contributed by atoms with Crippen molar-refractivity contribution in [3.05, 3.63) is 29.6 Å². The molecule has 1 N–H and O–H groups in total. The van der Waals surface area contributed by atoms with Crippen LogP contribution in [0.25, 0.3) is 0 Å². The second-order valence-corrected chi connectivity index (χ2v) is 3.46. The van der Waals surface area contributed by atoms with E-state index < -0.39 is 0 Å². The summed E-state index contributed by atoms with van der Waals surface area (Å²) < 4.78 is 13.0. The average Bonchev–Trinajstić information content (AvgIpc) is 2.14. The van der Waals surface area contributed by atoms with Crippen LogP contribution >= 0.6 is 0 Å². The van der Waals surface area contributed by atoms with Gasteiger partial charge >= 0.3 is 6.03 Å². The van der Waals surface area contributed by atoms with Gasteiger partial charge in [0.05, 0.1) is 0 Å². The van der Waals surface area contributed by atoms with Crippen LogP contribution in [0.2, 0.25) is 0 Å². The van der Waals surface area contributed by atoms with Gasteiger partial charge in [0, 0.05) is 19.3 Å². The van der Waals surface area contributed by atoms with E-state index in [9.17, 15) is 9.18 Å². The Morgan fingerprint density at radius 1 is 1.47 bits per heavy atom. The monoisotopic (exact) mass is 210 g/mol. The number of benzene rings is 1. The van der Waals surface area contributed by atoms with E-state index in [1.165, 1.54) is 17.0 Å². The van der Waals surface area contributed by atoms with Crippen LogP contribution in [0, 0.1) is 12.7 Å². The first kappa shape index (κ1) is 11.5. The predicted molar refractivity (Wildman–Crippen MR) is 58.5 cm³/mol. The quantitative estimate of drug-likeness (QED) is 0.799. The summed E-state index contributed by atoms with van der Waals surface area (Å²) in [6.45, 7) is 4.26. The Balaban J connectivity index is 2.76. The van der Waals surface area contributed by atoms with Gasteiger partial charge in [-0.25, -0.2) is 9.18 Å². The Kier molecular flexibility index (Phi) is 3.66. The molecule has 0 aromatic heterocycles. The molecule has 0 saturated heterocycles. The van der Waals surface area contributed by atoms with Crippen molar-refractivity contribution in [3.63, 3.8) is 0 Å². The van der Waals surface area contributed by atoms with E-state index in [1.807, 2.05) is 6.92 Å². The largest absolute Gasteiger partial charge is 0.328 e. The molecule has 1 aromatic carbocycles. The van der Waals surface area contributed by atoms with Crippen LogP contribution in [0.1, 0.15) is 12.5 Å². The Bertz CT molecular complexity index is 345. The third-order valence-electron chi connectivity index (χ3n) is 2.11. The lowest BCUT2D eigenvalue weighted by Crippen LogP contribution is -2.30.